The van der Waals surface area contributed by atoms with Gasteiger partial charge in [0.05, 0.1) is 10.6 Å². The van der Waals surface area contributed by atoms with Crippen molar-refractivity contribution in [3.8, 4) is 0 Å². The van der Waals surface area contributed by atoms with Gasteiger partial charge in [-0.15, -0.1) is 12.4 Å². The van der Waals surface area contributed by atoms with Crippen molar-refractivity contribution in [2.24, 2.45) is 17.8 Å². The van der Waals surface area contributed by atoms with E-state index in [0.717, 1.165) is 25.2 Å². The largest absolute Gasteiger partial charge is 0.342 e. The molecule has 1 unspecified atom stereocenters. The summed E-state index contributed by atoms with van der Waals surface area (Å²) in [5, 5.41) is 3.31. The van der Waals surface area contributed by atoms with Crippen LogP contribution in [0.2, 0.25) is 0 Å². The molecule has 0 spiro atoms. The third-order valence-electron chi connectivity index (χ3n) is 4.76. The maximum Gasteiger partial charge on any atom is 0.226 e. The lowest BCUT2D eigenvalue weighted by Crippen LogP contribution is -2.37. The molecule has 2 aliphatic heterocycles. The molecule has 1 aromatic rings. The highest BCUT2D eigenvalue weighted by Crippen LogP contribution is 2.28. The summed E-state index contributed by atoms with van der Waals surface area (Å²) in [5.74, 6) is -0.464. The number of amides is 1. The lowest BCUT2D eigenvalue weighted by molar-refractivity contribution is -0.133. The number of sulfone groups is 1. The molecule has 2 fully saturated rings. The highest BCUT2D eigenvalue weighted by atomic mass is 35.5. The summed E-state index contributed by atoms with van der Waals surface area (Å²) < 4.78 is 37.7. The van der Waals surface area contributed by atoms with Crippen LogP contribution in [-0.2, 0) is 14.6 Å². The van der Waals surface area contributed by atoms with Crippen LogP contribution in [0.3, 0.4) is 0 Å². The fourth-order valence-corrected chi connectivity index (χ4v) is 5.03. The Kier molecular flexibility index (Phi) is 5.88. The van der Waals surface area contributed by atoms with Gasteiger partial charge in [0.15, 0.2) is 9.84 Å². The Morgan fingerprint density at radius 1 is 1.25 bits per heavy atom. The third kappa shape index (κ3) is 3.90. The number of fused-ring (bicyclic) bond motifs is 1. The standard InChI is InChI=1S/C16H21FN2O3S.ClH/c1-11(10-23(21,22)15-4-2-14(17)3-5-15)16(20)19-8-12-6-18-7-13(12)9-19;/h2-5,11-13,18H,6-10H2,1H3;1H/t11?,12-,13+;. The minimum absolute atomic E-state index is 0. The van der Waals surface area contributed by atoms with Crippen molar-refractivity contribution in [3.63, 3.8) is 0 Å². The van der Waals surface area contributed by atoms with E-state index in [9.17, 15) is 17.6 Å². The summed E-state index contributed by atoms with van der Waals surface area (Å²) in [5.41, 5.74) is 0. The zero-order chi connectivity index (χ0) is 16.6. The maximum absolute atomic E-state index is 12.9. The van der Waals surface area contributed by atoms with Crippen molar-refractivity contribution in [1.82, 2.24) is 10.2 Å². The molecule has 0 bridgehead atoms. The molecule has 3 rings (SSSR count). The number of nitrogens with one attached hydrogen (secondary N) is 1. The molecule has 134 valence electrons. The van der Waals surface area contributed by atoms with E-state index in [-0.39, 0.29) is 29.0 Å². The molecule has 24 heavy (non-hydrogen) atoms. The van der Waals surface area contributed by atoms with Gasteiger partial charge in [0, 0.05) is 32.1 Å². The number of carbonyl (C=O) groups excluding carboxylic acids is 1. The smallest absolute Gasteiger partial charge is 0.226 e. The normalized spacial score (nSPS) is 24.3. The first-order valence-electron chi connectivity index (χ1n) is 7.84. The highest BCUT2D eigenvalue weighted by Gasteiger charge is 2.39. The maximum atomic E-state index is 12.9. The van der Waals surface area contributed by atoms with Gasteiger partial charge >= 0.3 is 0 Å². The zero-order valence-corrected chi connectivity index (χ0v) is 15.1. The first-order chi connectivity index (χ1) is 10.9. The van der Waals surface area contributed by atoms with Gasteiger partial charge in [0.2, 0.25) is 5.91 Å². The van der Waals surface area contributed by atoms with Crippen LogP contribution in [0.4, 0.5) is 4.39 Å². The number of nitrogens with zero attached hydrogens (tertiary/aromatic N) is 1. The molecule has 0 aromatic heterocycles. The second-order valence-corrected chi connectivity index (χ2v) is 8.59. The van der Waals surface area contributed by atoms with E-state index in [0.29, 0.717) is 24.9 Å². The summed E-state index contributed by atoms with van der Waals surface area (Å²) in [7, 11) is -3.60. The van der Waals surface area contributed by atoms with Gasteiger partial charge in [-0.05, 0) is 36.1 Å². The number of hydrogen-bond donors (Lipinski definition) is 1. The van der Waals surface area contributed by atoms with Crippen molar-refractivity contribution >= 4 is 28.2 Å². The zero-order valence-electron chi connectivity index (χ0n) is 13.4. The average molecular weight is 377 g/mol. The second kappa shape index (κ2) is 7.37. The molecule has 1 N–H and O–H groups in total. The van der Waals surface area contributed by atoms with Crippen LogP contribution >= 0.6 is 12.4 Å². The van der Waals surface area contributed by atoms with Gasteiger partial charge in [-0.1, -0.05) is 6.92 Å². The summed E-state index contributed by atoms with van der Waals surface area (Å²) >= 11 is 0. The number of halogens is 2. The van der Waals surface area contributed by atoms with E-state index in [1.807, 2.05) is 0 Å². The van der Waals surface area contributed by atoms with Crippen molar-refractivity contribution in [1.29, 1.82) is 0 Å². The minimum Gasteiger partial charge on any atom is -0.342 e. The fraction of sp³-hybridized carbons (Fsp3) is 0.562. The summed E-state index contributed by atoms with van der Waals surface area (Å²) in [6.45, 7) is 4.91. The molecule has 1 aromatic carbocycles. The van der Waals surface area contributed by atoms with Crippen LogP contribution in [0.5, 0.6) is 0 Å². The Bertz CT molecular complexity index is 684. The first-order valence-corrected chi connectivity index (χ1v) is 9.50. The summed E-state index contributed by atoms with van der Waals surface area (Å²) in [6.07, 6.45) is 0. The number of carbonyl (C=O) groups is 1. The monoisotopic (exact) mass is 376 g/mol. The molecule has 1 amide bonds. The molecular formula is C16H22ClFN2O3S. The van der Waals surface area contributed by atoms with Crippen molar-refractivity contribution < 1.29 is 17.6 Å². The Hall–Kier alpha value is -1.18. The molecule has 3 atom stereocenters. The lowest BCUT2D eigenvalue weighted by atomic mass is 10.0. The number of likely N-dealkylation sites (tertiary alicyclic amines) is 1. The predicted octanol–water partition coefficient (Wildman–Crippen LogP) is 1.34. The van der Waals surface area contributed by atoms with Crippen LogP contribution in [0.25, 0.3) is 0 Å². The Labute approximate surface area is 147 Å². The number of benzene rings is 1. The van der Waals surface area contributed by atoms with Gasteiger partial charge in [-0.2, -0.15) is 0 Å². The van der Waals surface area contributed by atoms with Gasteiger partial charge in [0.25, 0.3) is 0 Å². The van der Waals surface area contributed by atoms with Gasteiger partial charge in [0.1, 0.15) is 5.82 Å². The van der Waals surface area contributed by atoms with E-state index in [1.54, 1.807) is 11.8 Å². The second-order valence-electron chi connectivity index (χ2n) is 6.56. The lowest BCUT2D eigenvalue weighted by Gasteiger charge is -2.21. The summed E-state index contributed by atoms with van der Waals surface area (Å²) in [4.78, 5) is 14.4. The van der Waals surface area contributed by atoms with Crippen LogP contribution in [0.15, 0.2) is 29.2 Å². The molecule has 2 saturated heterocycles. The minimum atomic E-state index is -3.60. The number of hydrogen-bond acceptors (Lipinski definition) is 4. The van der Waals surface area contributed by atoms with E-state index in [2.05, 4.69) is 5.32 Å². The molecular weight excluding hydrogens is 355 g/mol. The summed E-state index contributed by atoms with van der Waals surface area (Å²) in [6, 6.07) is 4.73. The predicted molar refractivity (Wildman–Crippen MR) is 91.3 cm³/mol. The molecule has 0 radical (unpaired) electrons. The van der Waals surface area contributed by atoms with Crippen LogP contribution in [-0.4, -0.2) is 51.2 Å². The van der Waals surface area contributed by atoms with Crippen molar-refractivity contribution in [2.75, 3.05) is 31.9 Å². The third-order valence-corrected chi connectivity index (χ3v) is 6.69. The highest BCUT2D eigenvalue weighted by molar-refractivity contribution is 7.91. The number of rotatable bonds is 4. The van der Waals surface area contributed by atoms with E-state index < -0.39 is 21.6 Å². The fourth-order valence-electron chi connectivity index (χ4n) is 3.49. The van der Waals surface area contributed by atoms with E-state index >= 15 is 0 Å². The average Bonchev–Trinajstić information content (AvgIpc) is 3.07. The molecule has 2 heterocycles. The molecule has 5 nitrogen and oxygen atoms in total. The molecule has 0 aliphatic carbocycles. The van der Waals surface area contributed by atoms with Crippen LogP contribution in [0, 0.1) is 23.6 Å². The van der Waals surface area contributed by atoms with E-state index in [4.69, 9.17) is 0 Å². The topological polar surface area (TPSA) is 66.5 Å². The van der Waals surface area contributed by atoms with Crippen LogP contribution < -0.4 is 5.32 Å². The molecule has 0 saturated carbocycles. The quantitative estimate of drug-likeness (QED) is 0.805. The SMILES string of the molecule is CC(CS(=O)(=O)c1ccc(F)cc1)C(=O)N1C[C@H]2CNC[C@H]2C1.Cl. The first kappa shape index (κ1) is 19.1. The Morgan fingerprint density at radius 3 is 2.33 bits per heavy atom. The van der Waals surface area contributed by atoms with Crippen LogP contribution in [0.1, 0.15) is 6.92 Å². The van der Waals surface area contributed by atoms with E-state index in [1.165, 1.54) is 12.1 Å². The Balaban J connectivity index is 0.00000208. The van der Waals surface area contributed by atoms with Crippen molar-refractivity contribution in [2.45, 2.75) is 11.8 Å². The van der Waals surface area contributed by atoms with Crippen molar-refractivity contribution in [3.05, 3.63) is 30.1 Å². The van der Waals surface area contributed by atoms with Gasteiger partial charge < -0.3 is 10.2 Å². The Morgan fingerprint density at radius 2 is 1.79 bits per heavy atom. The molecule has 2 aliphatic rings. The molecule has 8 heteroatoms. The van der Waals surface area contributed by atoms with Gasteiger partial charge in [-0.25, -0.2) is 12.8 Å². The van der Waals surface area contributed by atoms with Gasteiger partial charge in [-0.3, -0.25) is 4.79 Å².